The lowest BCUT2D eigenvalue weighted by molar-refractivity contribution is -0.0361. The third-order valence-electron chi connectivity index (χ3n) is 4.90. The molecule has 25 heavy (non-hydrogen) atoms. The van der Waals surface area contributed by atoms with E-state index in [0.717, 1.165) is 27.1 Å². The number of rotatable bonds is 3. The van der Waals surface area contributed by atoms with Gasteiger partial charge in [-0.05, 0) is 62.0 Å². The number of aryl methyl sites for hydroxylation is 2. The maximum absolute atomic E-state index is 13.3. The molecule has 0 atom stereocenters. The van der Waals surface area contributed by atoms with Crippen molar-refractivity contribution in [3.63, 3.8) is 0 Å². The summed E-state index contributed by atoms with van der Waals surface area (Å²) >= 11 is 3.55. The Kier molecular flexibility index (Phi) is 4.83. The zero-order chi connectivity index (χ0) is 18.4. The van der Waals surface area contributed by atoms with Gasteiger partial charge in [-0.2, -0.15) is 10.1 Å². The minimum absolute atomic E-state index is 0.0322. The van der Waals surface area contributed by atoms with Crippen LogP contribution in [0, 0.1) is 27.7 Å². The predicted molar refractivity (Wildman–Crippen MR) is 96.6 cm³/mol. The molecule has 2 heterocycles. The molecule has 0 spiro atoms. The molecule has 0 aromatic carbocycles. The second-order valence-electron chi connectivity index (χ2n) is 6.75. The minimum atomic E-state index is -2.54. The van der Waals surface area contributed by atoms with E-state index in [2.05, 4.69) is 36.3 Å². The normalized spacial score (nSPS) is 17.7. The Morgan fingerprint density at radius 2 is 1.72 bits per heavy atom. The standard InChI is InChI=1S/C17H22BrF2N5/c1-9-10(2)24-25(12(9)4)15-14(18)11(3)21-16(23-15)22-13-5-7-17(19,20)8-6-13/h13H,5-8H2,1-4H3,(H,21,22,23). The maximum atomic E-state index is 13.3. The summed E-state index contributed by atoms with van der Waals surface area (Å²) in [5.41, 5.74) is 3.86. The number of hydrogen-bond acceptors (Lipinski definition) is 4. The minimum Gasteiger partial charge on any atom is -0.351 e. The van der Waals surface area contributed by atoms with Crippen molar-refractivity contribution in [3.8, 4) is 5.82 Å². The van der Waals surface area contributed by atoms with Crippen LogP contribution in [0.3, 0.4) is 0 Å². The number of hydrogen-bond donors (Lipinski definition) is 1. The number of nitrogens with zero attached hydrogens (tertiary/aromatic N) is 4. The molecule has 8 heteroatoms. The Morgan fingerprint density at radius 1 is 1.08 bits per heavy atom. The van der Waals surface area contributed by atoms with Crippen LogP contribution in [0.2, 0.25) is 0 Å². The molecule has 2 aromatic rings. The second kappa shape index (κ2) is 6.63. The maximum Gasteiger partial charge on any atom is 0.248 e. The molecule has 1 aliphatic rings. The fourth-order valence-electron chi connectivity index (χ4n) is 3.04. The molecular formula is C17H22BrF2N5. The lowest BCUT2D eigenvalue weighted by atomic mass is 9.92. The predicted octanol–water partition coefficient (Wildman–Crippen LogP) is 4.65. The summed E-state index contributed by atoms with van der Waals surface area (Å²) in [4.78, 5) is 9.04. The van der Waals surface area contributed by atoms with E-state index in [9.17, 15) is 8.78 Å². The SMILES string of the molecule is Cc1nn(-c2nc(NC3CCC(F)(F)CC3)nc(C)c2Br)c(C)c1C. The van der Waals surface area contributed by atoms with Crippen LogP contribution in [0.25, 0.3) is 5.82 Å². The van der Waals surface area contributed by atoms with Crippen LogP contribution in [-0.2, 0) is 0 Å². The number of halogens is 3. The largest absolute Gasteiger partial charge is 0.351 e. The topological polar surface area (TPSA) is 55.6 Å². The van der Waals surface area contributed by atoms with Crippen molar-refractivity contribution in [1.82, 2.24) is 19.7 Å². The van der Waals surface area contributed by atoms with Gasteiger partial charge in [-0.1, -0.05) is 0 Å². The molecule has 0 aliphatic heterocycles. The van der Waals surface area contributed by atoms with Crippen LogP contribution >= 0.6 is 15.9 Å². The molecule has 2 aromatic heterocycles. The fourth-order valence-corrected chi connectivity index (χ4v) is 3.39. The molecule has 1 fully saturated rings. The average Bonchev–Trinajstić information content (AvgIpc) is 2.80. The number of alkyl halides is 2. The molecule has 136 valence electrons. The van der Waals surface area contributed by atoms with Gasteiger partial charge in [0.2, 0.25) is 11.9 Å². The van der Waals surface area contributed by atoms with E-state index in [4.69, 9.17) is 0 Å². The van der Waals surface area contributed by atoms with Crippen molar-refractivity contribution in [3.05, 3.63) is 27.1 Å². The third-order valence-corrected chi connectivity index (χ3v) is 5.83. The van der Waals surface area contributed by atoms with E-state index in [1.54, 1.807) is 4.68 Å². The quantitative estimate of drug-likeness (QED) is 0.795. The van der Waals surface area contributed by atoms with Gasteiger partial charge in [0.1, 0.15) is 0 Å². The first-order valence-electron chi connectivity index (χ1n) is 8.39. The zero-order valence-corrected chi connectivity index (χ0v) is 16.4. The lowest BCUT2D eigenvalue weighted by Gasteiger charge is -2.29. The van der Waals surface area contributed by atoms with Gasteiger partial charge < -0.3 is 5.32 Å². The van der Waals surface area contributed by atoms with Crippen molar-refractivity contribution in [2.24, 2.45) is 0 Å². The lowest BCUT2D eigenvalue weighted by Crippen LogP contribution is -2.32. The van der Waals surface area contributed by atoms with Gasteiger partial charge in [0.25, 0.3) is 0 Å². The molecule has 1 saturated carbocycles. The van der Waals surface area contributed by atoms with E-state index in [0.29, 0.717) is 24.6 Å². The van der Waals surface area contributed by atoms with Crippen LogP contribution in [0.5, 0.6) is 0 Å². The Labute approximate surface area is 154 Å². The molecule has 0 saturated heterocycles. The first-order valence-corrected chi connectivity index (χ1v) is 9.19. The number of aromatic nitrogens is 4. The monoisotopic (exact) mass is 413 g/mol. The van der Waals surface area contributed by atoms with E-state index in [-0.39, 0.29) is 18.9 Å². The van der Waals surface area contributed by atoms with Crippen LogP contribution < -0.4 is 5.32 Å². The van der Waals surface area contributed by atoms with Crippen LogP contribution in [0.1, 0.15) is 48.3 Å². The Hall–Kier alpha value is -1.57. The van der Waals surface area contributed by atoms with Crippen molar-refractivity contribution in [1.29, 1.82) is 0 Å². The highest BCUT2D eigenvalue weighted by molar-refractivity contribution is 9.10. The summed E-state index contributed by atoms with van der Waals surface area (Å²) in [6.07, 6.45) is 0.646. The van der Waals surface area contributed by atoms with Gasteiger partial charge in [0.15, 0.2) is 5.82 Å². The Morgan fingerprint density at radius 3 is 2.28 bits per heavy atom. The van der Waals surface area contributed by atoms with Crippen LogP contribution in [0.15, 0.2) is 4.47 Å². The second-order valence-corrected chi connectivity index (χ2v) is 7.55. The van der Waals surface area contributed by atoms with Crippen molar-refractivity contribution in [2.75, 3.05) is 5.32 Å². The molecular weight excluding hydrogens is 392 g/mol. The van der Waals surface area contributed by atoms with Gasteiger partial charge in [-0.3, -0.25) is 0 Å². The van der Waals surface area contributed by atoms with E-state index in [1.807, 2.05) is 27.7 Å². The summed E-state index contributed by atoms with van der Waals surface area (Å²) in [6.45, 7) is 7.86. The van der Waals surface area contributed by atoms with E-state index >= 15 is 0 Å². The smallest absolute Gasteiger partial charge is 0.248 e. The van der Waals surface area contributed by atoms with E-state index in [1.165, 1.54) is 0 Å². The fraction of sp³-hybridized carbons (Fsp3) is 0.588. The van der Waals surface area contributed by atoms with Gasteiger partial charge >= 0.3 is 0 Å². The molecule has 3 rings (SSSR count). The summed E-state index contributed by atoms with van der Waals surface area (Å²) in [7, 11) is 0. The molecule has 5 nitrogen and oxygen atoms in total. The zero-order valence-electron chi connectivity index (χ0n) is 14.8. The molecule has 1 aliphatic carbocycles. The summed E-state index contributed by atoms with van der Waals surface area (Å²) < 4.78 is 29.2. The molecule has 0 bridgehead atoms. The number of nitrogens with one attached hydrogen (secondary N) is 1. The highest BCUT2D eigenvalue weighted by Gasteiger charge is 2.35. The molecule has 0 unspecified atom stereocenters. The summed E-state index contributed by atoms with van der Waals surface area (Å²) in [5.74, 6) is -1.43. The van der Waals surface area contributed by atoms with Gasteiger partial charge in [0, 0.05) is 24.6 Å². The van der Waals surface area contributed by atoms with Crippen LogP contribution in [0.4, 0.5) is 14.7 Å². The van der Waals surface area contributed by atoms with Crippen molar-refractivity contribution in [2.45, 2.75) is 65.3 Å². The van der Waals surface area contributed by atoms with Gasteiger partial charge in [0.05, 0.1) is 15.9 Å². The summed E-state index contributed by atoms with van der Waals surface area (Å²) in [6, 6.07) is -0.0322. The number of anilines is 1. The summed E-state index contributed by atoms with van der Waals surface area (Å²) in [5, 5.41) is 7.78. The molecule has 0 radical (unpaired) electrons. The highest BCUT2D eigenvalue weighted by Crippen LogP contribution is 2.34. The van der Waals surface area contributed by atoms with Crippen molar-refractivity contribution < 1.29 is 8.78 Å². The van der Waals surface area contributed by atoms with Crippen LogP contribution in [-0.4, -0.2) is 31.7 Å². The van der Waals surface area contributed by atoms with Gasteiger partial charge in [-0.25, -0.2) is 18.4 Å². The highest BCUT2D eigenvalue weighted by atomic mass is 79.9. The first kappa shape index (κ1) is 18.2. The molecule has 1 N–H and O–H groups in total. The Bertz CT molecular complexity index is 793. The van der Waals surface area contributed by atoms with E-state index < -0.39 is 5.92 Å². The first-order chi connectivity index (χ1) is 11.7. The molecule has 0 amide bonds. The van der Waals surface area contributed by atoms with Crippen molar-refractivity contribution >= 4 is 21.9 Å². The third kappa shape index (κ3) is 3.68. The Balaban J connectivity index is 1.90. The van der Waals surface area contributed by atoms with Gasteiger partial charge in [-0.15, -0.1) is 0 Å². The average molecular weight is 414 g/mol.